The summed E-state index contributed by atoms with van der Waals surface area (Å²) in [6, 6.07) is 13.3. The first-order valence-electron chi connectivity index (χ1n) is 9.97. The van der Waals surface area contributed by atoms with E-state index in [-0.39, 0.29) is 23.8 Å². The fourth-order valence-corrected chi connectivity index (χ4v) is 3.34. The highest BCUT2D eigenvalue weighted by atomic mass is 16.6. The molecule has 8 heteroatoms. The Morgan fingerprint density at radius 1 is 1.16 bits per heavy atom. The van der Waals surface area contributed by atoms with Crippen molar-refractivity contribution >= 4 is 17.7 Å². The summed E-state index contributed by atoms with van der Waals surface area (Å²) >= 11 is 0. The van der Waals surface area contributed by atoms with Crippen molar-refractivity contribution in [3.8, 4) is 17.6 Å². The number of amides is 1. The number of nitro benzene ring substituents is 1. The summed E-state index contributed by atoms with van der Waals surface area (Å²) in [4.78, 5) is 24.6. The molecule has 0 aliphatic carbocycles. The van der Waals surface area contributed by atoms with E-state index in [9.17, 15) is 20.2 Å². The summed E-state index contributed by atoms with van der Waals surface area (Å²) in [5.74, 6) is 0.692. The molecule has 0 saturated carbocycles. The lowest BCUT2D eigenvalue weighted by molar-refractivity contribution is -0.384. The first-order chi connectivity index (χ1) is 15.0. The number of piperidine rings is 1. The minimum absolute atomic E-state index is 0.0184. The molecule has 3 rings (SSSR count). The van der Waals surface area contributed by atoms with E-state index < -0.39 is 4.92 Å². The van der Waals surface area contributed by atoms with Crippen molar-refractivity contribution in [2.75, 3.05) is 20.2 Å². The first-order valence-corrected chi connectivity index (χ1v) is 9.97. The molecule has 0 bridgehead atoms. The van der Waals surface area contributed by atoms with E-state index in [1.807, 2.05) is 6.07 Å². The predicted octanol–water partition coefficient (Wildman–Crippen LogP) is 4.10. The number of non-ortho nitro benzene ring substituents is 1. The number of nitriles is 1. The maximum absolute atomic E-state index is 12.6. The largest absolute Gasteiger partial charge is 0.493 e. The molecule has 2 aromatic rings. The van der Waals surface area contributed by atoms with Gasteiger partial charge in [-0.15, -0.1) is 0 Å². The second kappa shape index (κ2) is 10.3. The van der Waals surface area contributed by atoms with E-state index in [0.29, 0.717) is 30.2 Å². The normalized spacial score (nSPS) is 13.9. The summed E-state index contributed by atoms with van der Waals surface area (Å²) in [6.45, 7) is 1.56. The highest BCUT2D eigenvalue weighted by molar-refractivity contribution is 6.01. The Labute approximate surface area is 180 Å². The molecule has 160 valence electrons. The van der Waals surface area contributed by atoms with Gasteiger partial charge in [-0.25, -0.2) is 0 Å². The van der Waals surface area contributed by atoms with Crippen LogP contribution >= 0.6 is 0 Å². The van der Waals surface area contributed by atoms with Gasteiger partial charge in [0, 0.05) is 25.2 Å². The van der Waals surface area contributed by atoms with Crippen molar-refractivity contribution in [1.82, 2.24) is 4.90 Å². The van der Waals surface area contributed by atoms with E-state index in [4.69, 9.17) is 9.47 Å². The van der Waals surface area contributed by atoms with Gasteiger partial charge in [0.25, 0.3) is 11.6 Å². The molecule has 1 heterocycles. The van der Waals surface area contributed by atoms with Gasteiger partial charge in [-0.3, -0.25) is 14.9 Å². The fourth-order valence-electron chi connectivity index (χ4n) is 3.34. The van der Waals surface area contributed by atoms with Crippen molar-refractivity contribution in [1.29, 1.82) is 5.26 Å². The van der Waals surface area contributed by atoms with Gasteiger partial charge in [-0.1, -0.05) is 6.07 Å². The molecule has 0 unspecified atom stereocenters. The quantitative estimate of drug-likeness (QED) is 0.288. The van der Waals surface area contributed by atoms with E-state index in [2.05, 4.69) is 0 Å². The molecule has 1 amide bonds. The van der Waals surface area contributed by atoms with Crippen molar-refractivity contribution in [2.24, 2.45) is 0 Å². The number of methoxy groups -OCH3 is 1. The third-order valence-corrected chi connectivity index (χ3v) is 5.03. The third-order valence-electron chi connectivity index (χ3n) is 5.03. The van der Waals surface area contributed by atoms with Gasteiger partial charge < -0.3 is 14.4 Å². The second-order valence-corrected chi connectivity index (χ2v) is 7.15. The highest BCUT2D eigenvalue weighted by Crippen LogP contribution is 2.30. The number of likely N-dealkylation sites (tertiary alicyclic amines) is 1. The molecule has 1 saturated heterocycles. The maximum atomic E-state index is 12.6. The molecule has 0 radical (unpaired) electrons. The number of carbonyl (C=O) groups is 1. The van der Waals surface area contributed by atoms with E-state index in [0.717, 1.165) is 24.8 Å². The zero-order chi connectivity index (χ0) is 22.2. The van der Waals surface area contributed by atoms with Crippen LogP contribution < -0.4 is 9.47 Å². The Balaban J connectivity index is 1.72. The lowest BCUT2D eigenvalue weighted by Gasteiger charge is -2.26. The standard InChI is InChI=1S/C23H23N3O5/c1-30-22-14-18(13-19(15-24)23(27)25-11-3-2-4-12-25)7-10-21(22)31-16-17-5-8-20(9-6-17)26(28)29/h5-10,13-14H,2-4,11-12,16H2,1H3/b19-13-. The van der Waals surface area contributed by atoms with Gasteiger partial charge in [0.2, 0.25) is 0 Å². The van der Waals surface area contributed by atoms with Gasteiger partial charge in [0.05, 0.1) is 12.0 Å². The van der Waals surface area contributed by atoms with Crippen LogP contribution in [0, 0.1) is 21.4 Å². The number of carbonyl (C=O) groups excluding carboxylic acids is 1. The number of hydrogen-bond acceptors (Lipinski definition) is 6. The highest BCUT2D eigenvalue weighted by Gasteiger charge is 2.20. The van der Waals surface area contributed by atoms with E-state index in [1.54, 1.807) is 41.3 Å². The monoisotopic (exact) mass is 421 g/mol. The molecule has 1 aliphatic heterocycles. The Morgan fingerprint density at radius 3 is 2.48 bits per heavy atom. The van der Waals surface area contributed by atoms with Crippen LogP contribution in [0.1, 0.15) is 30.4 Å². The van der Waals surface area contributed by atoms with Gasteiger partial charge >= 0.3 is 0 Å². The Bertz CT molecular complexity index is 1020. The van der Waals surface area contributed by atoms with Crippen molar-refractivity contribution in [3.05, 3.63) is 69.3 Å². The minimum atomic E-state index is -0.453. The zero-order valence-corrected chi connectivity index (χ0v) is 17.2. The molecule has 31 heavy (non-hydrogen) atoms. The predicted molar refractivity (Wildman–Crippen MR) is 114 cm³/mol. The van der Waals surface area contributed by atoms with Crippen LogP contribution in [-0.4, -0.2) is 35.9 Å². The van der Waals surface area contributed by atoms with Crippen LogP contribution in [0.5, 0.6) is 11.5 Å². The topological polar surface area (TPSA) is 106 Å². The molecule has 0 N–H and O–H groups in total. The summed E-state index contributed by atoms with van der Waals surface area (Å²) in [5, 5.41) is 20.2. The lowest BCUT2D eigenvalue weighted by atomic mass is 10.1. The molecule has 1 aliphatic rings. The lowest BCUT2D eigenvalue weighted by Crippen LogP contribution is -2.36. The second-order valence-electron chi connectivity index (χ2n) is 7.15. The van der Waals surface area contributed by atoms with Crippen LogP contribution in [0.2, 0.25) is 0 Å². The van der Waals surface area contributed by atoms with E-state index >= 15 is 0 Å². The molecule has 8 nitrogen and oxygen atoms in total. The number of hydrogen-bond donors (Lipinski definition) is 0. The molecule has 0 atom stereocenters. The number of benzene rings is 2. The van der Waals surface area contributed by atoms with Crippen molar-refractivity contribution < 1.29 is 19.2 Å². The first kappa shape index (κ1) is 21.8. The van der Waals surface area contributed by atoms with Gasteiger partial charge in [-0.2, -0.15) is 5.26 Å². The molecule has 2 aromatic carbocycles. The van der Waals surface area contributed by atoms with Gasteiger partial charge in [-0.05, 0) is 60.7 Å². The Hall–Kier alpha value is -3.86. The van der Waals surface area contributed by atoms with Crippen LogP contribution in [0.4, 0.5) is 5.69 Å². The van der Waals surface area contributed by atoms with Gasteiger partial charge in [0.1, 0.15) is 18.2 Å². The van der Waals surface area contributed by atoms with Crippen LogP contribution in [0.25, 0.3) is 6.08 Å². The van der Waals surface area contributed by atoms with Crippen LogP contribution in [-0.2, 0) is 11.4 Å². The van der Waals surface area contributed by atoms with Crippen molar-refractivity contribution in [3.63, 3.8) is 0 Å². The SMILES string of the molecule is COc1cc(/C=C(/C#N)C(=O)N2CCCCC2)ccc1OCc1ccc([N+](=O)[O-])cc1. The molecular weight excluding hydrogens is 398 g/mol. The number of ether oxygens (including phenoxy) is 2. The number of nitrogens with zero attached hydrogens (tertiary/aromatic N) is 3. The molecule has 1 fully saturated rings. The smallest absolute Gasteiger partial charge is 0.269 e. The minimum Gasteiger partial charge on any atom is -0.493 e. The Kier molecular flexibility index (Phi) is 7.22. The number of nitro groups is 1. The van der Waals surface area contributed by atoms with Crippen LogP contribution in [0.15, 0.2) is 48.0 Å². The van der Waals surface area contributed by atoms with Crippen molar-refractivity contribution in [2.45, 2.75) is 25.9 Å². The number of rotatable bonds is 7. The average Bonchev–Trinajstić information content (AvgIpc) is 2.81. The Morgan fingerprint density at radius 2 is 1.87 bits per heavy atom. The summed E-state index contributed by atoms with van der Waals surface area (Å²) in [7, 11) is 1.51. The summed E-state index contributed by atoms with van der Waals surface area (Å²) in [6.07, 6.45) is 4.58. The zero-order valence-electron chi connectivity index (χ0n) is 17.2. The summed E-state index contributed by atoms with van der Waals surface area (Å²) in [5.41, 5.74) is 1.53. The van der Waals surface area contributed by atoms with Gasteiger partial charge in [0.15, 0.2) is 11.5 Å². The maximum Gasteiger partial charge on any atom is 0.269 e. The van der Waals surface area contributed by atoms with Crippen LogP contribution in [0.3, 0.4) is 0 Å². The fraction of sp³-hybridized carbons (Fsp3) is 0.304. The molecule has 0 spiro atoms. The average molecular weight is 421 g/mol. The molecular formula is C23H23N3O5. The summed E-state index contributed by atoms with van der Waals surface area (Å²) < 4.78 is 11.2. The third kappa shape index (κ3) is 5.60. The van der Waals surface area contributed by atoms with E-state index in [1.165, 1.54) is 19.2 Å². The molecule has 0 aromatic heterocycles.